The van der Waals surface area contributed by atoms with Gasteiger partial charge in [0.15, 0.2) is 6.79 Å². The van der Waals surface area contributed by atoms with Gasteiger partial charge in [-0.15, -0.1) is 0 Å². The Morgan fingerprint density at radius 3 is 2.89 bits per heavy atom. The maximum atomic E-state index is 13.2. The lowest BCUT2D eigenvalue weighted by Gasteiger charge is -2.24. The molecule has 2 aliphatic rings. The minimum absolute atomic E-state index is 0.0487. The third kappa shape index (κ3) is 3.06. The standard InChI is InChI=1S/C20H19ClN2O5/c1-20(14-4-3-5-16(8-14)26-2)18(24)23(19(25)22-20)9-12-6-15(21)7-13-10-27-11-28-17(12)13/h3-8H,9-11H2,1-2H3,(H,22,25)/t20-/m0/s1. The Morgan fingerprint density at radius 2 is 2.11 bits per heavy atom. The van der Waals surface area contributed by atoms with Crippen LogP contribution in [-0.4, -0.2) is 30.7 Å². The third-order valence-electron chi connectivity index (χ3n) is 5.00. The van der Waals surface area contributed by atoms with Crippen molar-refractivity contribution in [1.29, 1.82) is 0 Å². The number of ether oxygens (including phenoxy) is 3. The SMILES string of the molecule is COc1cccc([C@]2(C)NC(=O)N(Cc3cc(Cl)cc4c3OCOC4)C2=O)c1. The van der Waals surface area contributed by atoms with Crippen LogP contribution in [0.5, 0.6) is 11.5 Å². The summed E-state index contributed by atoms with van der Waals surface area (Å²) in [5, 5.41) is 3.29. The maximum absolute atomic E-state index is 13.2. The Bertz CT molecular complexity index is 964. The molecule has 28 heavy (non-hydrogen) atoms. The number of halogens is 1. The van der Waals surface area contributed by atoms with Crippen LogP contribution in [0.4, 0.5) is 4.79 Å². The molecule has 3 amide bonds. The van der Waals surface area contributed by atoms with Crippen molar-refractivity contribution >= 4 is 23.5 Å². The average Bonchev–Trinajstić information content (AvgIpc) is 2.92. The molecule has 0 unspecified atom stereocenters. The quantitative estimate of drug-likeness (QED) is 0.795. The summed E-state index contributed by atoms with van der Waals surface area (Å²) in [7, 11) is 1.55. The van der Waals surface area contributed by atoms with E-state index in [2.05, 4.69) is 5.32 Å². The lowest BCUT2D eigenvalue weighted by molar-refractivity contribution is -0.131. The summed E-state index contributed by atoms with van der Waals surface area (Å²) in [6.45, 7) is 2.21. The van der Waals surface area contributed by atoms with Crippen LogP contribution in [0.3, 0.4) is 0 Å². The van der Waals surface area contributed by atoms with Crippen molar-refractivity contribution in [2.45, 2.75) is 25.6 Å². The lowest BCUT2D eigenvalue weighted by atomic mass is 9.92. The lowest BCUT2D eigenvalue weighted by Crippen LogP contribution is -2.40. The molecule has 2 aromatic carbocycles. The number of carbonyl (C=O) groups excluding carboxylic acids is 2. The van der Waals surface area contributed by atoms with Gasteiger partial charge in [-0.1, -0.05) is 23.7 Å². The number of hydrogen-bond acceptors (Lipinski definition) is 5. The number of carbonyl (C=O) groups is 2. The van der Waals surface area contributed by atoms with Gasteiger partial charge in [0, 0.05) is 16.1 Å². The summed E-state index contributed by atoms with van der Waals surface area (Å²) < 4.78 is 16.1. The second-order valence-electron chi connectivity index (χ2n) is 6.84. The number of hydrogen-bond donors (Lipinski definition) is 1. The van der Waals surface area contributed by atoms with Gasteiger partial charge in [0.05, 0.1) is 20.3 Å². The van der Waals surface area contributed by atoms with Gasteiger partial charge < -0.3 is 19.5 Å². The molecular weight excluding hydrogens is 384 g/mol. The molecule has 0 spiro atoms. The van der Waals surface area contributed by atoms with Gasteiger partial charge in [-0.05, 0) is 36.8 Å². The molecule has 4 rings (SSSR count). The van der Waals surface area contributed by atoms with E-state index in [1.807, 2.05) is 0 Å². The minimum Gasteiger partial charge on any atom is -0.497 e. The number of benzene rings is 2. The molecule has 1 fully saturated rings. The number of rotatable bonds is 4. The van der Waals surface area contributed by atoms with Crippen LogP contribution >= 0.6 is 11.6 Å². The first-order valence-corrected chi connectivity index (χ1v) is 9.10. The number of urea groups is 1. The van der Waals surface area contributed by atoms with Gasteiger partial charge in [-0.25, -0.2) is 4.79 Å². The predicted octanol–water partition coefficient (Wildman–Crippen LogP) is 3.18. The summed E-state index contributed by atoms with van der Waals surface area (Å²) in [6, 6.07) is 10.1. The van der Waals surface area contributed by atoms with Gasteiger partial charge >= 0.3 is 6.03 Å². The molecule has 0 bridgehead atoms. The van der Waals surface area contributed by atoms with Crippen molar-refractivity contribution in [2.75, 3.05) is 13.9 Å². The van der Waals surface area contributed by atoms with E-state index in [1.165, 1.54) is 4.90 Å². The van der Waals surface area contributed by atoms with E-state index in [9.17, 15) is 9.59 Å². The van der Waals surface area contributed by atoms with E-state index >= 15 is 0 Å². The van der Waals surface area contributed by atoms with Crippen molar-refractivity contribution in [1.82, 2.24) is 10.2 Å². The number of nitrogens with zero attached hydrogens (tertiary/aromatic N) is 1. The fraction of sp³-hybridized carbons (Fsp3) is 0.300. The van der Waals surface area contributed by atoms with Crippen LogP contribution in [-0.2, 0) is 28.2 Å². The van der Waals surface area contributed by atoms with Crippen LogP contribution in [0.1, 0.15) is 23.6 Å². The Kier molecular flexibility index (Phi) is 4.64. The van der Waals surface area contributed by atoms with E-state index in [-0.39, 0.29) is 19.2 Å². The molecule has 1 N–H and O–H groups in total. The molecule has 0 radical (unpaired) electrons. The molecule has 0 aromatic heterocycles. The fourth-order valence-corrected chi connectivity index (χ4v) is 3.78. The smallest absolute Gasteiger partial charge is 0.325 e. The average molecular weight is 403 g/mol. The van der Waals surface area contributed by atoms with Gasteiger partial charge in [-0.2, -0.15) is 0 Å². The topological polar surface area (TPSA) is 77.1 Å². The van der Waals surface area contributed by atoms with E-state index in [0.717, 1.165) is 5.56 Å². The van der Waals surface area contributed by atoms with Crippen molar-refractivity contribution in [3.05, 3.63) is 58.1 Å². The first-order chi connectivity index (χ1) is 13.4. The second kappa shape index (κ2) is 7.00. The summed E-state index contributed by atoms with van der Waals surface area (Å²) in [4.78, 5) is 27.0. The summed E-state index contributed by atoms with van der Waals surface area (Å²) in [5.74, 6) is 0.856. The molecular formula is C20H19ClN2O5. The predicted molar refractivity (Wildman–Crippen MR) is 101 cm³/mol. The highest BCUT2D eigenvalue weighted by Gasteiger charge is 2.49. The highest BCUT2D eigenvalue weighted by atomic mass is 35.5. The van der Waals surface area contributed by atoms with Crippen LogP contribution in [0.15, 0.2) is 36.4 Å². The molecule has 2 aliphatic heterocycles. The highest BCUT2D eigenvalue weighted by Crippen LogP contribution is 2.36. The number of methoxy groups -OCH3 is 1. The normalized spacial score (nSPS) is 21.2. The second-order valence-corrected chi connectivity index (χ2v) is 7.28. The zero-order chi connectivity index (χ0) is 19.9. The molecule has 0 saturated carbocycles. The Labute approximate surface area is 167 Å². The van der Waals surface area contributed by atoms with Crippen LogP contribution in [0.2, 0.25) is 5.02 Å². The van der Waals surface area contributed by atoms with Crippen LogP contribution < -0.4 is 14.8 Å². The Balaban J connectivity index is 1.66. The van der Waals surface area contributed by atoms with Crippen molar-refractivity contribution < 1.29 is 23.8 Å². The zero-order valence-electron chi connectivity index (χ0n) is 15.5. The van der Waals surface area contributed by atoms with Gasteiger partial charge in [0.2, 0.25) is 0 Å². The van der Waals surface area contributed by atoms with E-state index < -0.39 is 11.6 Å². The number of nitrogens with one attached hydrogen (secondary N) is 1. The first-order valence-electron chi connectivity index (χ1n) is 8.73. The Hall–Kier alpha value is -2.77. The minimum atomic E-state index is -1.19. The van der Waals surface area contributed by atoms with Crippen LogP contribution in [0.25, 0.3) is 0 Å². The maximum Gasteiger partial charge on any atom is 0.325 e. The molecule has 7 nitrogen and oxygen atoms in total. The molecule has 1 atom stereocenters. The number of fused-ring (bicyclic) bond motifs is 1. The fourth-order valence-electron chi connectivity index (χ4n) is 3.51. The van der Waals surface area contributed by atoms with Crippen molar-refractivity contribution in [3.8, 4) is 11.5 Å². The number of imide groups is 1. The summed E-state index contributed by atoms with van der Waals surface area (Å²) in [6.07, 6.45) is 0. The van der Waals surface area contributed by atoms with E-state index in [4.69, 9.17) is 25.8 Å². The first kappa shape index (κ1) is 18.6. The third-order valence-corrected chi connectivity index (χ3v) is 5.22. The van der Waals surface area contributed by atoms with Gasteiger partial charge in [0.25, 0.3) is 5.91 Å². The Morgan fingerprint density at radius 1 is 1.29 bits per heavy atom. The monoisotopic (exact) mass is 402 g/mol. The van der Waals surface area contributed by atoms with E-state index in [0.29, 0.717) is 34.3 Å². The molecule has 1 saturated heterocycles. The zero-order valence-corrected chi connectivity index (χ0v) is 16.2. The van der Waals surface area contributed by atoms with E-state index in [1.54, 1.807) is 50.4 Å². The van der Waals surface area contributed by atoms with Crippen LogP contribution in [0, 0.1) is 0 Å². The molecule has 2 heterocycles. The summed E-state index contributed by atoms with van der Waals surface area (Å²) in [5.41, 5.74) is 0.903. The van der Waals surface area contributed by atoms with Crippen molar-refractivity contribution in [3.63, 3.8) is 0 Å². The molecule has 146 valence electrons. The highest BCUT2D eigenvalue weighted by molar-refractivity contribution is 6.30. The molecule has 2 aromatic rings. The largest absolute Gasteiger partial charge is 0.497 e. The van der Waals surface area contributed by atoms with Gasteiger partial charge in [0.1, 0.15) is 17.0 Å². The molecule has 0 aliphatic carbocycles. The van der Waals surface area contributed by atoms with Crippen molar-refractivity contribution in [2.24, 2.45) is 0 Å². The number of amides is 3. The summed E-state index contributed by atoms with van der Waals surface area (Å²) >= 11 is 6.20. The van der Waals surface area contributed by atoms with Gasteiger partial charge in [-0.3, -0.25) is 9.69 Å². The molecule has 8 heteroatoms.